The number of aliphatic hydroxyl groups is 1. The number of rotatable bonds is 18. The molecule has 1 unspecified atom stereocenters. The van der Waals surface area contributed by atoms with Gasteiger partial charge in [-0.1, -0.05) is 92.0 Å². The zero-order chi connectivity index (χ0) is 34.3. The van der Waals surface area contributed by atoms with E-state index < -0.39 is 47.7 Å². The van der Waals surface area contributed by atoms with Gasteiger partial charge < -0.3 is 29.7 Å². The van der Waals surface area contributed by atoms with Gasteiger partial charge in [0.15, 0.2) is 0 Å². The van der Waals surface area contributed by atoms with Crippen molar-refractivity contribution in [2.45, 2.75) is 94.0 Å². The molecule has 8 atom stereocenters. The molecule has 2 N–H and O–H groups in total. The molecule has 3 aliphatic heterocycles. The second-order valence-electron chi connectivity index (χ2n) is 13.2. The molecular weight excluding hydrogens is 666 g/mol. The summed E-state index contributed by atoms with van der Waals surface area (Å²) in [5.74, 6) is -3.62. The summed E-state index contributed by atoms with van der Waals surface area (Å²) in [5, 5.41) is 13.4. The third-order valence-electron chi connectivity index (χ3n) is 9.73. The van der Waals surface area contributed by atoms with Crippen LogP contribution in [0.25, 0.3) is 0 Å². The lowest BCUT2D eigenvalue weighted by molar-refractivity contribution is -0.161. The SMILES string of the molecule is C=CCCC(=O)NC[C@@H](OC(=O)[C@@H]1[C@H]2O[C@@]3(CC2Br)[C@H](C(=O)N(CC=C)CCCCC)N([C@@H](CO)C(C)C)C(=O)[C@@H]13)c1ccccc1. The number of fused-ring (bicyclic) bond motifs is 1. The van der Waals surface area contributed by atoms with Crippen LogP contribution in [0.3, 0.4) is 0 Å². The second kappa shape index (κ2) is 16.4. The summed E-state index contributed by atoms with van der Waals surface area (Å²) in [6.07, 6.45) is 5.68. The minimum atomic E-state index is -1.29. The summed E-state index contributed by atoms with van der Waals surface area (Å²) in [4.78, 5) is 58.8. The van der Waals surface area contributed by atoms with Gasteiger partial charge in [-0.3, -0.25) is 19.2 Å². The van der Waals surface area contributed by atoms with Gasteiger partial charge in [0.1, 0.15) is 17.7 Å². The number of nitrogens with zero attached hydrogens (tertiary/aromatic N) is 2. The minimum Gasteiger partial charge on any atom is -0.455 e. The summed E-state index contributed by atoms with van der Waals surface area (Å²) >= 11 is 3.72. The van der Waals surface area contributed by atoms with Gasteiger partial charge in [0.05, 0.1) is 37.1 Å². The minimum absolute atomic E-state index is 0.0485. The van der Waals surface area contributed by atoms with E-state index in [1.54, 1.807) is 17.1 Å². The molecule has 11 heteroatoms. The maximum absolute atomic E-state index is 14.6. The quantitative estimate of drug-likeness (QED) is 0.100. The van der Waals surface area contributed by atoms with Gasteiger partial charge in [0.2, 0.25) is 17.7 Å². The Morgan fingerprint density at radius 3 is 2.55 bits per heavy atom. The van der Waals surface area contributed by atoms with Crippen molar-refractivity contribution in [3.63, 3.8) is 0 Å². The number of esters is 1. The fourth-order valence-corrected chi connectivity index (χ4v) is 8.35. The molecule has 0 aromatic heterocycles. The van der Waals surface area contributed by atoms with Crippen molar-refractivity contribution in [3.05, 3.63) is 61.2 Å². The standard InChI is InChI=1S/C36H50BrN3O7/c1-6-9-14-19-39(18-8-3)34(44)32-36-20-25(37)31(47-36)29(30(36)33(43)40(32)26(22-41)23(4)5)35(45)46-27(24-15-12-11-13-16-24)21-38-28(42)17-10-7-2/h7-8,11-13,15-16,23,25-27,29-32,41H,2-3,6,9-10,14,17-22H2,1,4-5H3,(H,38,42)/t25?,26-,27+,29-,30+,31-,32-,36+/m0/s1. The summed E-state index contributed by atoms with van der Waals surface area (Å²) in [6, 6.07) is 7.44. The van der Waals surface area contributed by atoms with Crippen molar-refractivity contribution in [2.75, 3.05) is 26.2 Å². The Balaban J connectivity index is 1.70. The molecule has 0 saturated carbocycles. The van der Waals surface area contributed by atoms with Crippen molar-refractivity contribution < 1.29 is 33.8 Å². The van der Waals surface area contributed by atoms with Crippen LogP contribution in [0.1, 0.15) is 71.0 Å². The lowest BCUT2D eigenvalue weighted by atomic mass is 9.70. The highest BCUT2D eigenvalue weighted by Crippen LogP contribution is 2.61. The van der Waals surface area contributed by atoms with Gasteiger partial charge in [-0.2, -0.15) is 0 Å². The predicted molar refractivity (Wildman–Crippen MR) is 182 cm³/mol. The van der Waals surface area contributed by atoms with Crippen LogP contribution >= 0.6 is 15.9 Å². The van der Waals surface area contributed by atoms with Gasteiger partial charge in [-0.05, 0) is 30.7 Å². The molecule has 258 valence electrons. The monoisotopic (exact) mass is 715 g/mol. The lowest BCUT2D eigenvalue weighted by Crippen LogP contribution is -2.60. The number of benzene rings is 1. The molecule has 0 aliphatic carbocycles. The average molecular weight is 717 g/mol. The van der Waals surface area contributed by atoms with E-state index in [1.807, 2.05) is 44.2 Å². The van der Waals surface area contributed by atoms with Crippen molar-refractivity contribution in [2.24, 2.45) is 17.8 Å². The first kappa shape index (κ1) is 36.8. The smallest absolute Gasteiger partial charge is 0.313 e. The van der Waals surface area contributed by atoms with Gasteiger partial charge >= 0.3 is 5.97 Å². The van der Waals surface area contributed by atoms with E-state index in [4.69, 9.17) is 9.47 Å². The molecule has 4 rings (SSSR count). The number of ether oxygens (including phenoxy) is 2. The van der Waals surface area contributed by atoms with Crippen molar-refractivity contribution >= 4 is 39.6 Å². The van der Waals surface area contributed by atoms with E-state index >= 15 is 0 Å². The number of alkyl halides is 1. The molecule has 0 radical (unpaired) electrons. The van der Waals surface area contributed by atoms with Gasteiger partial charge in [0.25, 0.3) is 0 Å². The first-order chi connectivity index (χ1) is 22.6. The van der Waals surface area contributed by atoms with E-state index in [-0.39, 0.29) is 48.0 Å². The molecule has 1 aromatic carbocycles. The molecule has 10 nitrogen and oxygen atoms in total. The fourth-order valence-electron chi connectivity index (χ4n) is 7.41. The Kier molecular flexibility index (Phi) is 12.8. The van der Waals surface area contributed by atoms with Crippen LogP contribution in [0.5, 0.6) is 0 Å². The van der Waals surface area contributed by atoms with E-state index in [9.17, 15) is 24.3 Å². The Bertz CT molecular complexity index is 1290. The number of unbranched alkanes of at least 4 members (excludes halogenated alkanes) is 2. The topological polar surface area (TPSA) is 125 Å². The summed E-state index contributed by atoms with van der Waals surface area (Å²) < 4.78 is 12.8. The Morgan fingerprint density at radius 2 is 1.94 bits per heavy atom. The van der Waals surface area contributed by atoms with Crippen LogP contribution < -0.4 is 5.32 Å². The number of nitrogens with one attached hydrogen (secondary N) is 1. The molecule has 3 heterocycles. The molecule has 3 amide bonds. The van der Waals surface area contributed by atoms with Crippen LogP contribution in [0, 0.1) is 17.8 Å². The Labute approximate surface area is 287 Å². The first-order valence-corrected chi connectivity index (χ1v) is 17.7. The highest BCUT2D eigenvalue weighted by Gasteiger charge is 2.77. The number of carbonyl (C=O) groups is 4. The van der Waals surface area contributed by atoms with Gasteiger partial charge in [0, 0.05) is 24.3 Å². The van der Waals surface area contributed by atoms with Crippen LogP contribution in [-0.4, -0.2) is 93.5 Å². The molecule has 47 heavy (non-hydrogen) atoms. The summed E-state index contributed by atoms with van der Waals surface area (Å²) in [5.41, 5.74) is -0.594. The maximum atomic E-state index is 14.6. The second-order valence-corrected chi connectivity index (χ2v) is 14.3. The number of amides is 3. The molecule has 1 aromatic rings. The highest BCUT2D eigenvalue weighted by atomic mass is 79.9. The first-order valence-electron chi connectivity index (χ1n) is 16.8. The fraction of sp³-hybridized carbons (Fsp3) is 0.611. The normalized spacial score (nSPS) is 27.3. The van der Waals surface area contributed by atoms with Crippen LogP contribution in [0.4, 0.5) is 0 Å². The molecule has 3 aliphatic rings. The maximum Gasteiger partial charge on any atom is 0.313 e. The third kappa shape index (κ3) is 7.52. The van der Waals surface area contributed by atoms with E-state index in [0.29, 0.717) is 31.5 Å². The number of hydrogen-bond acceptors (Lipinski definition) is 7. The van der Waals surface area contributed by atoms with Gasteiger partial charge in [-0.25, -0.2) is 0 Å². The molecule has 3 saturated heterocycles. The van der Waals surface area contributed by atoms with Crippen LogP contribution in [0.15, 0.2) is 55.6 Å². The van der Waals surface area contributed by atoms with Crippen molar-refractivity contribution in [1.82, 2.24) is 15.1 Å². The Morgan fingerprint density at radius 1 is 1.21 bits per heavy atom. The zero-order valence-corrected chi connectivity index (χ0v) is 29.4. The van der Waals surface area contributed by atoms with E-state index in [2.05, 4.69) is 41.3 Å². The van der Waals surface area contributed by atoms with E-state index in [1.165, 1.54) is 4.90 Å². The lowest BCUT2D eigenvalue weighted by Gasteiger charge is -2.40. The number of hydrogen-bond donors (Lipinski definition) is 2. The van der Waals surface area contributed by atoms with Gasteiger partial charge in [-0.15, -0.1) is 13.2 Å². The molecule has 3 fully saturated rings. The highest BCUT2D eigenvalue weighted by molar-refractivity contribution is 9.09. The predicted octanol–water partition coefficient (Wildman–Crippen LogP) is 4.32. The number of allylic oxidation sites excluding steroid dienone is 1. The number of aliphatic hydroxyl groups excluding tert-OH is 1. The number of carbonyl (C=O) groups excluding carboxylic acids is 4. The average Bonchev–Trinajstić information content (AvgIpc) is 3.65. The molecule has 2 bridgehead atoms. The third-order valence-corrected chi connectivity index (χ3v) is 10.6. The summed E-state index contributed by atoms with van der Waals surface area (Å²) in [6.45, 7) is 13.9. The largest absolute Gasteiger partial charge is 0.455 e. The zero-order valence-electron chi connectivity index (χ0n) is 27.8. The number of halogens is 1. The Hall–Kier alpha value is -3.02. The summed E-state index contributed by atoms with van der Waals surface area (Å²) in [7, 11) is 0. The molecule has 1 spiro atoms. The van der Waals surface area contributed by atoms with Crippen molar-refractivity contribution in [3.8, 4) is 0 Å². The van der Waals surface area contributed by atoms with Crippen LogP contribution in [0.2, 0.25) is 0 Å². The van der Waals surface area contributed by atoms with Crippen molar-refractivity contribution in [1.29, 1.82) is 0 Å². The number of likely N-dealkylation sites (tertiary alicyclic amines) is 1. The van der Waals surface area contributed by atoms with E-state index in [0.717, 1.165) is 19.3 Å². The molecular formula is C36H50BrN3O7. The van der Waals surface area contributed by atoms with Crippen LogP contribution in [-0.2, 0) is 28.7 Å².